The molecule has 1 saturated heterocycles. The van der Waals surface area contributed by atoms with Crippen molar-refractivity contribution in [2.75, 3.05) is 26.2 Å². The van der Waals surface area contributed by atoms with Crippen LogP contribution in [0.1, 0.15) is 43.4 Å². The Morgan fingerprint density at radius 2 is 1.72 bits per heavy atom. The van der Waals surface area contributed by atoms with Crippen LogP contribution in [0.4, 0.5) is 4.79 Å². The molecule has 4 heterocycles. The Labute approximate surface area is 228 Å². The van der Waals surface area contributed by atoms with Crippen molar-refractivity contribution in [1.29, 1.82) is 5.26 Å². The quantitative estimate of drug-likeness (QED) is 0.371. The second-order valence-electron chi connectivity index (χ2n) is 11.0. The SMILES string of the molecule is Cc1cc(-c2c(-c3cccc(C#N)c3)nn3ccc(CN4CCN(C(=O)OC(C)(C)C)CC4)nc23)cc(C)n1. The van der Waals surface area contributed by atoms with E-state index >= 15 is 0 Å². The Morgan fingerprint density at radius 3 is 2.38 bits per heavy atom. The molecule has 0 spiro atoms. The first-order chi connectivity index (χ1) is 18.6. The molecule has 1 fully saturated rings. The summed E-state index contributed by atoms with van der Waals surface area (Å²) in [5.74, 6) is 0. The number of hydrogen-bond donors (Lipinski definition) is 0. The molecule has 0 saturated carbocycles. The molecule has 0 unspecified atom stereocenters. The lowest BCUT2D eigenvalue weighted by molar-refractivity contribution is 0.0138. The van der Waals surface area contributed by atoms with Crippen molar-refractivity contribution in [2.24, 2.45) is 0 Å². The number of pyridine rings is 1. The molecule has 1 aromatic carbocycles. The van der Waals surface area contributed by atoms with Crippen molar-refractivity contribution in [2.45, 2.75) is 46.8 Å². The van der Waals surface area contributed by atoms with Crippen LogP contribution < -0.4 is 0 Å². The summed E-state index contributed by atoms with van der Waals surface area (Å²) in [7, 11) is 0. The molecule has 9 nitrogen and oxygen atoms in total. The molecule has 39 heavy (non-hydrogen) atoms. The molecule has 0 atom stereocenters. The highest BCUT2D eigenvalue weighted by molar-refractivity contribution is 5.90. The number of benzene rings is 1. The second-order valence-corrected chi connectivity index (χ2v) is 11.0. The maximum atomic E-state index is 12.4. The van der Waals surface area contributed by atoms with Crippen LogP contribution in [0.5, 0.6) is 0 Å². The average Bonchev–Trinajstić information content (AvgIpc) is 3.26. The van der Waals surface area contributed by atoms with Crippen LogP contribution in [-0.4, -0.2) is 67.3 Å². The molecule has 9 heteroatoms. The van der Waals surface area contributed by atoms with E-state index in [4.69, 9.17) is 14.8 Å². The largest absolute Gasteiger partial charge is 0.444 e. The van der Waals surface area contributed by atoms with Crippen LogP contribution in [-0.2, 0) is 11.3 Å². The lowest BCUT2D eigenvalue weighted by atomic mass is 9.99. The number of nitrogens with zero attached hydrogens (tertiary/aromatic N) is 7. The smallest absolute Gasteiger partial charge is 0.410 e. The van der Waals surface area contributed by atoms with E-state index < -0.39 is 5.60 Å². The summed E-state index contributed by atoms with van der Waals surface area (Å²) in [6.45, 7) is 13.0. The Morgan fingerprint density at radius 1 is 1.00 bits per heavy atom. The van der Waals surface area contributed by atoms with Gasteiger partial charge in [0, 0.05) is 55.9 Å². The van der Waals surface area contributed by atoms with E-state index in [9.17, 15) is 10.1 Å². The van der Waals surface area contributed by atoms with E-state index in [0.29, 0.717) is 25.2 Å². The number of carbonyl (C=O) groups is 1. The van der Waals surface area contributed by atoms with Gasteiger partial charge in [0.05, 0.1) is 22.9 Å². The van der Waals surface area contributed by atoms with Gasteiger partial charge in [0.2, 0.25) is 0 Å². The Hall–Kier alpha value is -4.29. The van der Waals surface area contributed by atoms with Gasteiger partial charge >= 0.3 is 6.09 Å². The van der Waals surface area contributed by atoms with Crippen LogP contribution in [0.2, 0.25) is 0 Å². The number of carbonyl (C=O) groups excluding carboxylic acids is 1. The minimum absolute atomic E-state index is 0.262. The van der Waals surface area contributed by atoms with E-state index in [1.807, 2.05) is 77.2 Å². The summed E-state index contributed by atoms with van der Waals surface area (Å²) < 4.78 is 7.33. The van der Waals surface area contributed by atoms with Gasteiger partial charge in [-0.15, -0.1) is 0 Å². The first-order valence-electron chi connectivity index (χ1n) is 13.1. The number of nitriles is 1. The van der Waals surface area contributed by atoms with Gasteiger partial charge in [0.25, 0.3) is 0 Å². The van der Waals surface area contributed by atoms with Gasteiger partial charge in [-0.05, 0) is 70.5 Å². The number of rotatable bonds is 4. The summed E-state index contributed by atoms with van der Waals surface area (Å²) in [5.41, 5.74) is 7.12. The van der Waals surface area contributed by atoms with Gasteiger partial charge in [-0.25, -0.2) is 14.3 Å². The number of fused-ring (bicyclic) bond motifs is 1. The van der Waals surface area contributed by atoms with Crippen molar-refractivity contribution in [3.05, 3.63) is 71.3 Å². The molecular formula is C30H33N7O2. The third-order valence-corrected chi connectivity index (χ3v) is 6.59. The Kier molecular flexibility index (Phi) is 7.06. The maximum absolute atomic E-state index is 12.4. The predicted molar refractivity (Wildman–Crippen MR) is 149 cm³/mol. The zero-order chi connectivity index (χ0) is 27.7. The highest BCUT2D eigenvalue weighted by Crippen LogP contribution is 2.35. The molecular weight excluding hydrogens is 490 g/mol. The summed E-state index contributed by atoms with van der Waals surface area (Å²) in [6.07, 6.45) is 1.68. The first-order valence-corrected chi connectivity index (χ1v) is 13.1. The minimum Gasteiger partial charge on any atom is -0.444 e. The molecule has 0 aliphatic carbocycles. The van der Waals surface area contributed by atoms with Crippen molar-refractivity contribution in [1.82, 2.24) is 29.4 Å². The predicted octanol–water partition coefficient (Wildman–Crippen LogP) is 5.00. The van der Waals surface area contributed by atoms with Crippen molar-refractivity contribution < 1.29 is 9.53 Å². The highest BCUT2D eigenvalue weighted by atomic mass is 16.6. The van der Waals surface area contributed by atoms with Crippen LogP contribution in [0.25, 0.3) is 28.0 Å². The van der Waals surface area contributed by atoms with Crippen molar-refractivity contribution in [3.63, 3.8) is 0 Å². The minimum atomic E-state index is -0.503. The van der Waals surface area contributed by atoms with E-state index in [0.717, 1.165) is 58.2 Å². The normalized spacial score (nSPS) is 14.4. The van der Waals surface area contributed by atoms with Crippen LogP contribution >= 0.6 is 0 Å². The monoisotopic (exact) mass is 523 g/mol. The molecule has 5 rings (SSSR count). The fraction of sp³-hybridized carbons (Fsp3) is 0.367. The zero-order valence-corrected chi connectivity index (χ0v) is 23.1. The number of piperazine rings is 1. The van der Waals surface area contributed by atoms with Gasteiger partial charge in [0.1, 0.15) is 11.3 Å². The summed E-state index contributed by atoms with van der Waals surface area (Å²) in [4.78, 5) is 26.1. The van der Waals surface area contributed by atoms with Gasteiger partial charge in [-0.3, -0.25) is 9.88 Å². The zero-order valence-electron chi connectivity index (χ0n) is 23.1. The van der Waals surface area contributed by atoms with E-state index in [2.05, 4.69) is 16.0 Å². The highest BCUT2D eigenvalue weighted by Gasteiger charge is 2.26. The number of aryl methyl sites for hydroxylation is 2. The molecule has 0 N–H and O–H groups in total. The fourth-order valence-corrected chi connectivity index (χ4v) is 4.88. The summed E-state index contributed by atoms with van der Waals surface area (Å²) >= 11 is 0. The molecule has 0 radical (unpaired) electrons. The lowest BCUT2D eigenvalue weighted by Crippen LogP contribution is -2.49. The van der Waals surface area contributed by atoms with E-state index in [1.54, 1.807) is 15.5 Å². The standard InChI is InChI=1S/C30H33N7O2/c1-20-15-24(16-21(2)32-20)26-27(23-8-6-7-22(17-23)18-31)34-37-10-9-25(33-28(26)37)19-35-11-13-36(14-12-35)29(38)39-30(3,4)5/h6-10,15-17H,11-14,19H2,1-5H3. The third kappa shape index (κ3) is 5.91. The molecule has 1 aliphatic rings. The molecule has 3 aromatic heterocycles. The summed E-state index contributed by atoms with van der Waals surface area (Å²) in [5, 5.41) is 14.4. The van der Waals surface area contributed by atoms with E-state index in [-0.39, 0.29) is 6.09 Å². The van der Waals surface area contributed by atoms with Crippen LogP contribution in [0, 0.1) is 25.2 Å². The Balaban J connectivity index is 1.46. The topological polar surface area (TPSA) is 99.7 Å². The van der Waals surface area contributed by atoms with Crippen LogP contribution in [0.3, 0.4) is 0 Å². The average molecular weight is 524 g/mol. The Bertz CT molecular complexity index is 1550. The number of ether oxygens (including phenoxy) is 1. The maximum Gasteiger partial charge on any atom is 0.410 e. The van der Waals surface area contributed by atoms with Gasteiger partial charge in [0.15, 0.2) is 5.65 Å². The third-order valence-electron chi connectivity index (χ3n) is 6.59. The van der Waals surface area contributed by atoms with Gasteiger partial charge in [-0.1, -0.05) is 12.1 Å². The number of hydrogen-bond acceptors (Lipinski definition) is 7. The van der Waals surface area contributed by atoms with Gasteiger partial charge < -0.3 is 9.64 Å². The molecule has 0 bridgehead atoms. The van der Waals surface area contributed by atoms with E-state index in [1.165, 1.54) is 0 Å². The molecule has 1 amide bonds. The number of aromatic nitrogens is 4. The first kappa shape index (κ1) is 26.3. The van der Waals surface area contributed by atoms with Crippen LogP contribution in [0.15, 0.2) is 48.7 Å². The second kappa shape index (κ2) is 10.5. The number of amides is 1. The fourth-order valence-electron chi connectivity index (χ4n) is 4.88. The van der Waals surface area contributed by atoms with Gasteiger partial charge in [-0.2, -0.15) is 10.4 Å². The molecule has 1 aliphatic heterocycles. The molecule has 200 valence electrons. The summed E-state index contributed by atoms with van der Waals surface area (Å²) in [6, 6.07) is 15.8. The molecule has 4 aromatic rings. The van der Waals surface area contributed by atoms with Crippen molar-refractivity contribution >= 4 is 11.7 Å². The van der Waals surface area contributed by atoms with Crippen molar-refractivity contribution in [3.8, 4) is 28.5 Å². The lowest BCUT2D eigenvalue weighted by Gasteiger charge is -2.35.